The Labute approximate surface area is 46.1 Å². The molecule has 1 radical (unpaired) electrons. The third-order valence-corrected chi connectivity index (χ3v) is 1.05. The van der Waals surface area contributed by atoms with Gasteiger partial charge in [0.1, 0.15) is 0 Å². The van der Waals surface area contributed by atoms with Crippen LogP contribution in [0, 0.1) is 0 Å². The summed E-state index contributed by atoms with van der Waals surface area (Å²) in [4.78, 5) is 11.7. The third kappa shape index (κ3) is 0.318. The maximum absolute atomic E-state index is 3.97. The largest absolute Gasteiger partial charge is 0.320 e. The Morgan fingerprint density at radius 1 is 1.75 bits per heavy atom. The highest BCUT2D eigenvalue weighted by Gasteiger charge is 2.26. The summed E-state index contributed by atoms with van der Waals surface area (Å²) < 4.78 is 0. The van der Waals surface area contributed by atoms with Gasteiger partial charge in [-0.2, -0.15) is 0 Å². The molecule has 39 valence electrons. The molecule has 0 aromatic carbocycles. The molecule has 0 bridgehead atoms. The highest BCUT2D eigenvalue weighted by atomic mass is 15.2. The Bertz CT molecular complexity index is 200. The van der Waals surface area contributed by atoms with Crippen LogP contribution in [0.1, 0.15) is 0 Å². The Morgan fingerprint density at radius 3 is 3.62 bits per heavy atom. The minimum atomic E-state index is 0.630. The van der Waals surface area contributed by atoms with Crippen molar-refractivity contribution in [2.75, 3.05) is 6.67 Å². The van der Waals surface area contributed by atoms with Gasteiger partial charge in [-0.1, -0.05) is 9.98 Å². The lowest BCUT2D eigenvalue weighted by molar-refractivity contribution is 0.967. The molecule has 2 heterocycles. The van der Waals surface area contributed by atoms with Gasteiger partial charge >= 0.3 is 11.7 Å². The van der Waals surface area contributed by atoms with Gasteiger partial charge in [0.25, 0.3) is 6.34 Å². The molecule has 0 fully saturated rings. The highest BCUT2D eigenvalue weighted by molar-refractivity contribution is 6.45. The van der Waals surface area contributed by atoms with Gasteiger partial charge in [0.05, 0.1) is 0 Å². The monoisotopic (exact) mass is 108 g/mol. The van der Waals surface area contributed by atoms with Crippen LogP contribution in [0.5, 0.6) is 0 Å². The molecule has 0 spiro atoms. The average Bonchev–Trinajstić information content (AvgIpc) is 2.15. The van der Waals surface area contributed by atoms with E-state index in [1.165, 1.54) is 6.34 Å². The first kappa shape index (κ1) is 3.77. The SMILES string of the molecule is C1=NC2=NCNC2=[N+]1. The maximum Gasteiger partial charge on any atom is 0.320 e. The van der Waals surface area contributed by atoms with Crippen molar-refractivity contribution in [1.29, 1.82) is 0 Å². The van der Waals surface area contributed by atoms with E-state index in [2.05, 4.69) is 20.3 Å². The maximum atomic E-state index is 3.97. The van der Waals surface area contributed by atoms with Crippen molar-refractivity contribution in [2.45, 2.75) is 0 Å². The fraction of sp³-hybridized carbons (Fsp3) is 0.250. The summed E-state index contributed by atoms with van der Waals surface area (Å²) >= 11 is 0. The first-order valence-electron chi connectivity index (χ1n) is 2.36. The zero-order valence-corrected chi connectivity index (χ0v) is 4.13. The number of nitrogens with zero attached hydrogens (tertiary/aromatic N) is 3. The molecular weight excluding hydrogens is 104 g/mol. The Kier molecular flexibility index (Phi) is 0.542. The molecule has 4 nitrogen and oxygen atoms in total. The molecule has 2 aliphatic heterocycles. The van der Waals surface area contributed by atoms with Crippen molar-refractivity contribution in [3.8, 4) is 0 Å². The minimum absolute atomic E-state index is 0.630. The molecule has 0 amide bonds. The number of fused-ring (bicyclic) bond motifs is 1. The Morgan fingerprint density at radius 2 is 2.75 bits per heavy atom. The van der Waals surface area contributed by atoms with Crippen LogP contribution in [0.15, 0.2) is 9.98 Å². The highest BCUT2D eigenvalue weighted by Crippen LogP contribution is 1.91. The van der Waals surface area contributed by atoms with Crippen LogP contribution in [0.2, 0.25) is 0 Å². The second-order valence-corrected chi connectivity index (χ2v) is 1.54. The molecule has 1 N–H and O–H groups in total. The molecule has 0 aromatic rings. The van der Waals surface area contributed by atoms with Gasteiger partial charge in [0.15, 0.2) is 6.67 Å². The van der Waals surface area contributed by atoms with Crippen molar-refractivity contribution < 1.29 is 0 Å². The molecule has 0 unspecified atom stereocenters. The topological polar surface area (TPSA) is 50.9 Å². The van der Waals surface area contributed by atoms with Crippen LogP contribution >= 0.6 is 0 Å². The number of hydrogen-bond acceptors (Lipinski definition) is 4. The number of aliphatic imine (C=N–C) groups is 3. The quantitative estimate of drug-likeness (QED) is 0.413. The van der Waals surface area contributed by atoms with Crippen LogP contribution in [0.4, 0.5) is 0 Å². The van der Waals surface area contributed by atoms with Gasteiger partial charge in [0.2, 0.25) is 0 Å². The van der Waals surface area contributed by atoms with E-state index in [0.29, 0.717) is 6.67 Å². The third-order valence-electron chi connectivity index (χ3n) is 1.05. The summed E-state index contributed by atoms with van der Waals surface area (Å²) in [6, 6.07) is 0. The first-order chi connectivity index (χ1) is 3.97. The van der Waals surface area contributed by atoms with Gasteiger partial charge < -0.3 is 0 Å². The van der Waals surface area contributed by atoms with E-state index in [0.717, 1.165) is 11.7 Å². The minimum Gasteiger partial charge on any atom is -0.279 e. The first-order valence-corrected chi connectivity index (χ1v) is 2.36. The predicted molar refractivity (Wildman–Crippen MR) is 31.1 cm³/mol. The second-order valence-electron chi connectivity index (χ2n) is 1.54. The molecule has 0 saturated carbocycles. The van der Waals surface area contributed by atoms with Crippen molar-refractivity contribution >= 4 is 18.0 Å². The van der Waals surface area contributed by atoms with Gasteiger partial charge in [-0.3, -0.25) is 5.32 Å². The van der Waals surface area contributed by atoms with E-state index in [1.54, 1.807) is 0 Å². The normalized spacial score (nSPS) is 22.0. The van der Waals surface area contributed by atoms with Crippen molar-refractivity contribution in [3.63, 3.8) is 0 Å². The molecule has 2 rings (SSSR count). The fourth-order valence-electron chi connectivity index (χ4n) is 0.690. The van der Waals surface area contributed by atoms with E-state index >= 15 is 0 Å². The van der Waals surface area contributed by atoms with Crippen molar-refractivity contribution in [3.05, 3.63) is 0 Å². The molecule has 4 heteroatoms. The molecule has 0 atom stereocenters. The van der Waals surface area contributed by atoms with Crippen LogP contribution in [-0.2, 0) is 0 Å². The van der Waals surface area contributed by atoms with Gasteiger partial charge in [-0.15, -0.1) is 0 Å². The summed E-state index contributed by atoms with van der Waals surface area (Å²) in [5.41, 5.74) is 0. The molecular formula is C4H4N4+. The molecule has 0 aromatic heterocycles. The van der Waals surface area contributed by atoms with Gasteiger partial charge in [-0.25, -0.2) is 4.99 Å². The second kappa shape index (κ2) is 1.15. The summed E-state index contributed by atoms with van der Waals surface area (Å²) in [6.45, 7) is 0.630. The van der Waals surface area contributed by atoms with Gasteiger partial charge in [0, 0.05) is 0 Å². The van der Waals surface area contributed by atoms with E-state index in [4.69, 9.17) is 0 Å². The Balaban J connectivity index is 2.49. The van der Waals surface area contributed by atoms with Crippen molar-refractivity contribution in [1.82, 2.24) is 10.3 Å². The van der Waals surface area contributed by atoms with E-state index in [1.807, 2.05) is 0 Å². The molecule has 2 aliphatic rings. The van der Waals surface area contributed by atoms with Crippen molar-refractivity contribution in [2.24, 2.45) is 9.98 Å². The van der Waals surface area contributed by atoms with E-state index < -0.39 is 0 Å². The lowest BCUT2D eigenvalue weighted by Crippen LogP contribution is -2.23. The standard InChI is InChI=1S/C4H4N4/c1-5-3-4(6-1)8-2-7-3/h1,7H,2H2/q+1. The molecule has 0 saturated heterocycles. The average molecular weight is 108 g/mol. The number of rotatable bonds is 0. The summed E-state index contributed by atoms with van der Waals surface area (Å²) in [5.74, 6) is 1.55. The summed E-state index contributed by atoms with van der Waals surface area (Å²) in [6.07, 6.45) is 1.50. The van der Waals surface area contributed by atoms with E-state index in [-0.39, 0.29) is 0 Å². The van der Waals surface area contributed by atoms with E-state index in [9.17, 15) is 0 Å². The van der Waals surface area contributed by atoms with Gasteiger partial charge in [-0.05, 0) is 0 Å². The van der Waals surface area contributed by atoms with Crippen LogP contribution in [0.3, 0.4) is 0 Å². The lowest BCUT2D eigenvalue weighted by Gasteiger charge is -1.75. The summed E-state index contributed by atoms with van der Waals surface area (Å²) in [7, 11) is 0. The zero-order chi connectivity index (χ0) is 5.40. The van der Waals surface area contributed by atoms with Crippen LogP contribution in [0.25, 0.3) is 0 Å². The number of amidine groups is 2. The molecule has 0 aliphatic carbocycles. The fourth-order valence-corrected chi connectivity index (χ4v) is 0.690. The molecule has 8 heavy (non-hydrogen) atoms. The summed E-state index contributed by atoms with van der Waals surface area (Å²) in [5, 5.41) is 2.94. The lowest BCUT2D eigenvalue weighted by atomic mass is 10.6. The predicted octanol–water partition coefficient (Wildman–Crippen LogP) is -1.28. The van der Waals surface area contributed by atoms with Crippen LogP contribution in [-0.4, -0.2) is 24.7 Å². The smallest absolute Gasteiger partial charge is 0.279 e. The number of hydrogen-bond donors (Lipinski definition) is 1. The van der Waals surface area contributed by atoms with Crippen LogP contribution < -0.4 is 10.3 Å². The Hall–Kier alpha value is -1.19. The number of nitrogens with one attached hydrogen (secondary N) is 1. The zero-order valence-electron chi connectivity index (χ0n) is 4.13.